The van der Waals surface area contributed by atoms with Crippen molar-refractivity contribution >= 4 is 21.7 Å². The van der Waals surface area contributed by atoms with Crippen LogP contribution < -0.4 is 0 Å². The number of benzene rings is 1. The third-order valence-electron chi connectivity index (χ3n) is 4.01. The van der Waals surface area contributed by atoms with Crippen LogP contribution in [0.5, 0.6) is 0 Å². The highest BCUT2D eigenvalue weighted by molar-refractivity contribution is 7.89. The second-order valence-corrected chi connectivity index (χ2v) is 7.51. The fourth-order valence-electron chi connectivity index (χ4n) is 2.72. The van der Waals surface area contributed by atoms with Crippen LogP contribution >= 0.6 is 0 Å². The quantitative estimate of drug-likeness (QED) is 0.465. The first kappa shape index (κ1) is 18.3. The fourth-order valence-corrected chi connectivity index (χ4v) is 4.38. The summed E-state index contributed by atoms with van der Waals surface area (Å²) >= 11 is 0. The van der Waals surface area contributed by atoms with Crippen LogP contribution in [0.2, 0.25) is 0 Å². The van der Waals surface area contributed by atoms with Crippen LogP contribution in [0, 0.1) is 10.1 Å². The van der Waals surface area contributed by atoms with Gasteiger partial charge in [-0.25, -0.2) is 13.2 Å². The van der Waals surface area contributed by atoms with E-state index in [0.717, 1.165) is 51.3 Å². The molecule has 0 unspecified atom stereocenters. The Morgan fingerprint density at radius 2 is 1.75 bits per heavy atom. The minimum Gasteiger partial charge on any atom is -0.465 e. The Morgan fingerprint density at radius 1 is 1.17 bits per heavy atom. The van der Waals surface area contributed by atoms with Crippen LogP contribution in [0.3, 0.4) is 0 Å². The van der Waals surface area contributed by atoms with Gasteiger partial charge in [-0.3, -0.25) is 10.1 Å². The lowest BCUT2D eigenvalue weighted by Gasteiger charge is -2.24. The van der Waals surface area contributed by atoms with E-state index in [-0.39, 0.29) is 10.5 Å². The summed E-state index contributed by atoms with van der Waals surface area (Å²) in [5, 5.41) is 11.3. The summed E-state index contributed by atoms with van der Waals surface area (Å²) < 4.78 is 31.5. The van der Waals surface area contributed by atoms with Crippen molar-refractivity contribution in [2.45, 2.75) is 37.0 Å². The molecule has 0 aromatic heterocycles. The molecular formula is C15H20N2O6S. The lowest BCUT2D eigenvalue weighted by molar-refractivity contribution is -0.387. The van der Waals surface area contributed by atoms with Gasteiger partial charge in [0, 0.05) is 19.2 Å². The summed E-state index contributed by atoms with van der Waals surface area (Å²) in [7, 11) is -2.84. The van der Waals surface area contributed by atoms with Crippen molar-refractivity contribution in [2.75, 3.05) is 20.2 Å². The van der Waals surface area contributed by atoms with Crippen molar-refractivity contribution in [1.82, 2.24) is 4.31 Å². The molecule has 1 fully saturated rings. The topological polar surface area (TPSA) is 107 Å². The number of ether oxygens (including phenoxy) is 1. The van der Waals surface area contributed by atoms with Gasteiger partial charge in [-0.05, 0) is 25.0 Å². The van der Waals surface area contributed by atoms with Crippen molar-refractivity contribution in [3.05, 3.63) is 33.9 Å². The van der Waals surface area contributed by atoms with Gasteiger partial charge in [0.15, 0.2) is 4.90 Å². The van der Waals surface area contributed by atoms with Crippen LogP contribution in [-0.2, 0) is 14.8 Å². The lowest BCUT2D eigenvalue weighted by Crippen LogP contribution is -2.34. The maximum Gasteiger partial charge on any atom is 0.338 e. The van der Waals surface area contributed by atoms with E-state index in [9.17, 15) is 23.3 Å². The number of nitrogens with zero attached hydrogens (tertiary/aromatic N) is 2. The zero-order valence-electron chi connectivity index (χ0n) is 13.4. The molecule has 0 radical (unpaired) electrons. The summed E-state index contributed by atoms with van der Waals surface area (Å²) in [4.78, 5) is 21.7. The lowest BCUT2D eigenvalue weighted by atomic mass is 10.1. The molecule has 8 nitrogen and oxygen atoms in total. The number of carbonyl (C=O) groups is 1. The van der Waals surface area contributed by atoms with Gasteiger partial charge in [-0.2, -0.15) is 4.31 Å². The first-order chi connectivity index (χ1) is 11.4. The van der Waals surface area contributed by atoms with Crippen LogP contribution in [-0.4, -0.2) is 43.8 Å². The summed E-state index contributed by atoms with van der Waals surface area (Å²) in [5.74, 6) is -0.756. The Labute approximate surface area is 140 Å². The molecule has 0 atom stereocenters. The van der Waals surface area contributed by atoms with Gasteiger partial charge in [0.25, 0.3) is 5.69 Å². The molecule has 2 rings (SSSR count). The molecule has 1 aliphatic rings. The second-order valence-electron chi connectivity index (χ2n) is 5.60. The highest BCUT2D eigenvalue weighted by atomic mass is 32.2. The van der Waals surface area contributed by atoms with Gasteiger partial charge in [-0.15, -0.1) is 0 Å². The van der Waals surface area contributed by atoms with Crippen LogP contribution in [0.4, 0.5) is 5.69 Å². The minimum atomic E-state index is -3.99. The maximum absolute atomic E-state index is 12.8. The zero-order chi connectivity index (χ0) is 17.7. The van der Waals surface area contributed by atoms with Gasteiger partial charge >= 0.3 is 5.97 Å². The number of esters is 1. The molecule has 0 amide bonds. The monoisotopic (exact) mass is 356 g/mol. The summed E-state index contributed by atoms with van der Waals surface area (Å²) in [6, 6.07) is 3.29. The number of carbonyl (C=O) groups excluding carboxylic acids is 1. The average Bonchev–Trinajstić information content (AvgIpc) is 2.52. The Bertz CT molecular complexity index is 723. The molecule has 1 aromatic rings. The van der Waals surface area contributed by atoms with Gasteiger partial charge in [0.05, 0.1) is 17.6 Å². The molecule has 1 saturated heterocycles. The van der Waals surface area contributed by atoms with E-state index in [1.165, 1.54) is 10.4 Å². The van der Waals surface area contributed by atoms with E-state index in [4.69, 9.17) is 0 Å². The van der Waals surface area contributed by atoms with Crippen molar-refractivity contribution in [3.63, 3.8) is 0 Å². The number of methoxy groups -OCH3 is 1. The van der Waals surface area contributed by atoms with Crippen LogP contribution in [0.1, 0.15) is 42.5 Å². The van der Waals surface area contributed by atoms with E-state index in [2.05, 4.69) is 4.74 Å². The summed E-state index contributed by atoms with van der Waals surface area (Å²) in [6.45, 7) is 0.691. The Balaban J connectivity index is 2.44. The number of sulfonamides is 1. The van der Waals surface area contributed by atoms with Crippen molar-refractivity contribution in [3.8, 4) is 0 Å². The third-order valence-corrected chi connectivity index (χ3v) is 5.96. The number of hydrogen-bond acceptors (Lipinski definition) is 6. The minimum absolute atomic E-state index is 0.0594. The van der Waals surface area contributed by atoms with Gasteiger partial charge in [0.2, 0.25) is 10.0 Å². The predicted octanol–water partition coefficient (Wildman–Crippen LogP) is 2.34. The largest absolute Gasteiger partial charge is 0.465 e. The molecular weight excluding hydrogens is 336 g/mol. The molecule has 0 aliphatic carbocycles. The predicted molar refractivity (Wildman–Crippen MR) is 86.3 cm³/mol. The van der Waals surface area contributed by atoms with Crippen LogP contribution in [0.25, 0.3) is 0 Å². The van der Waals surface area contributed by atoms with E-state index >= 15 is 0 Å². The second kappa shape index (κ2) is 7.71. The number of rotatable bonds is 4. The van der Waals surface area contributed by atoms with Gasteiger partial charge < -0.3 is 4.74 Å². The van der Waals surface area contributed by atoms with Crippen molar-refractivity contribution < 1.29 is 22.9 Å². The molecule has 0 bridgehead atoms. The number of hydrogen-bond donors (Lipinski definition) is 0. The van der Waals surface area contributed by atoms with E-state index in [1.807, 2.05) is 0 Å². The standard InChI is InChI=1S/C15H20N2O6S/c1-23-15(18)12-7-8-14(13(11-12)17(19)20)24(21,22)16-9-5-3-2-4-6-10-16/h7-8,11H,2-6,9-10H2,1H3. The summed E-state index contributed by atoms with van der Waals surface area (Å²) in [6.07, 6.45) is 4.41. The molecule has 0 spiro atoms. The Kier molecular flexibility index (Phi) is 5.89. The SMILES string of the molecule is COC(=O)c1ccc(S(=O)(=O)N2CCCCCCC2)c([N+](=O)[O-])c1. The summed E-state index contributed by atoms with van der Waals surface area (Å²) in [5.41, 5.74) is -0.671. The normalized spacial score (nSPS) is 16.9. The molecule has 0 N–H and O–H groups in total. The van der Waals surface area contributed by atoms with Gasteiger partial charge in [-0.1, -0.05) is 19.3 Å². The first-order valence-corrected chi connectivity index (χ1v) is 9.19. The molecule has 1 heterocycles. The van der Waals surface area contributed by atoms with E-state index in [1.54, 1.807) is 0 Å². The highest BCUT2D eigenvalue weighted by Crippen LogP contribution is 2.29. The smallest absolute Gasteiger partial charge is 0.338 e. The molecule has 1 aromatic carbocycles. The third kappa shape index (κ3) is 3.90. The fraction of sp³-hybridized carbons (Fsp3) is 0.533. The molecule has 132 valence electrons. The maximum atomic E-state index is 12.8. The number of nitro groups is 1. The Hall–Kier alpha value is -2.00. The number of nitro benzene ring substituents is 1. The molecule has 0 saturated carbocycles. The van der Waals surface area contributed by atoms with Crippen LogP contribution in [0.15, 0.2) is 23.1 Å². The van der Waals surface area contributed by atoms with E-state index in [0.29, 0.717) is 13.1 Å². The molecule has 24 heavy (non-hydrogen) atoms. The van der Waals surface area contributed by atoms with Crippen molar-refractivity contribution in [1.29, 1.82) is 0 Å². The van der Waals surface area contributed by atoms with E-state index < -0.39 is 26.6 Å². The molecule has 9 heteroatoms. The highest BCUT2D eigenvalue weighted by Gasteiger charge is 2.32. The first-order valence-electron chi connectivity index (χ1n) is 7.75. The zero-order valence-corrected chi connectivity index (χ0v) is 14.3. The average molecular weight is 356 g/mol. The Morgan fingerprint density at radius 3 is 2.29 bits per heavy atom. The molecule has 1 aliphatic heterocycles. The van der Waals surface area contributed by atoms with Gasteiger partial charge in [0.1, 0.15) is 0 Å². The van der Waals surface area contributed by atoms with Crippen molar-refractivity contribution in [2.24, 2.45) is 0 Å².